The molecule has 5 heteroatoms. The second kappa shape index (κ2) is 4.50. The van der Waals surface area contributed by atoms with E-state index in [0.29, 0.717) is 0 Å². The van der Waals surface area contributed by atoms with Crippen LogP contribution in [0.5, 0.6) is 0 Å². The van der Waals surface area contributed by atoms with Crippen molar-refractivity contribution in [2.75, 3.05) is 7.11 Å². The number of ether oxygens (including phenoxy) is 1. The molecule has 1 aromatic carbocycles. The third kappa shape index (κ3) is 2.09. The van der Waals surface area contributed by atoms with E-state index in [-0.39, 0.29) is 16.5 Å². The van der Waals surface area contributed by atoms with Gasteiger partial charge in [0.2, 0.25) is 0 Å². The minimum atomic E-state index is -1.05. The van der Waals surface area contributed by atoms with Crippen molar-refractivity contribution in [3.05, 3.63) is 34.9 Å². The number of hydrogen-bond acceptors (Lipinski definition) is 2. The average Bonchev–Trinajstić information content (AvgIpc) is 2.20. The third-order valence-electron chi connectivity index (χ3n) is 1.67. The van der Waals surface area contributed by atoms with Crippen LogP contribution in [0, 0.1) is 11.6 Å². The number of rotatable bonds is 2. The summed E-state index contributed by atoms with van der Waals surface area (Å²) >= 11 is 2.99. The number of benzene rings is 1. The summed E-state index contributed by atoms with van der Waals surface area (Å²) in [7, 11) is 1.18. The van der Waals surface area contributed by atoms with E-state index < -0.39 is 17.6 Å². The molecule has 76 valence electrons. The van der Waals surface area contributed by atoms with Crippen LogP contribution >= 0.6 is 15.9 Å². The molecule has 0 heterocycles. The molecule has 0 aliphatic carbocycles. The number of halogens is 3. The minimum absolute atomic E-state index is 0.000787. The molecular weight excluding hydrogens is 258 g/mol. The van der Waals surface area contributed by atoms with Crippen LogP contribution in [0.4, 0.5) is 8.78 Å². The lowest BCUT2D eigenvalue weighted by atomic mass is 10.1. The first-order valence-corrected chi connectivity index (χ1v) is 4.84. The fourth-order valence-electron chi connectivity index (χ4n) is 0.979. The van der Waals surface area contributed by atoms with Gasteiger partial charge in [0.15, 0.2) is 11.6 Å². The second-order valence-electron chi connectivity index (χ2n) is 2.56. The molecule has 2 nitrogen and oxygen atoms in total. The Labute approximate surface area is 88.0 Å². The molecule has 0 fully saturated rings. The van der Waals surface area contributed by atoms with Gasteiger partial charge in [-0.1, -0.05) is 15.9 Å². The highest BCUT2D eigenvalue weighted by Crippen LogP contribution is 2.18. The predicted molar refractivity (Wildman–Crippen MR) is 50.3 cm³/mol. The van der Waals surface area contributed by atoms with Crippen LogP contribution < -0.4 is 0 Å². The first kappa shape index (κ1) is 11.1. The van der Waals surface area contributed by atoms with E-state index in [0.717, 1.165) is 6.07 Å². The Balaban J connectivity index is 3.22. The van der Waals surface area contributed by atoms with Crippen molar-refractivity contribution in [1.29, 1.82) is 0 Å². The Morgan fingerprint density at radius 2 is 2.14 bits per heavy atom. The average molecular weight is 265 g/mol. The predicted octanol–water partition coefficient (Wildman–Crippen LogP) is 2.65. The Morgan fingerprint density at radius 1 is 1.50 bits per heavy atom. The molecule has 0 saturated heterocycles. The van der Waals surface area contributed by atoms with Crippen molar-refractivity contribution in [3.63, 3.8) is 0 Å². The molecule has 0 aliphatic rings. The summed E-state index contributed by atoms with van der Waals surface area (Å²) in [6, 6.07) is 2.06. The van der Waals surface area contributed by atoms with E-state index in [2.05, 4.69) is 20.7 Å². The maximum absolute atomic E-state index is 13.0. The molecule has 1 rings (SSSR count). The zero-order valence-electron chi connectivity index (χ0n) is 7.31. The number of hydrogen-bond donors (Lipinski definition) is 0. The number of alkyl halides is 1. The molecule has 0 aromatic heterocycles. The summed E-state index contributed by atoms with van der Waals surface area (Å²) in [6.45, 7) is 0. The van der Waals surface area contributed by atoms with Gasteiger partial charge in [-0.15, -0.1) is 0 Å². The van der Waals surface area contributed by atoms with Gasteiger partial charge in [0.25, 0.3) is 0 Å². The van der Waals surface area contributed by atoms with Gasteiger partial charge < -0.3 is 4.74 Å². The standard InChI is InChI=1S/C9H7BrF2O2/c1-14-9(13)5-2-6(4-10)8(12)7(11)3-5/h2-3H,4H2,1H3. The van der Waals surface area contributed by atoms with Crippen LogP contribution in [0.2, 0.25) is 0 Å². The van der Waals surface area contributed by atoms with Crippen LogP contribution in [-0.2, 0) is 10.1 Å². The highest BCUT2D eigenvalue weighted by molar-refractivity contribution is 9.08. The summed E-state index contributed by atoms with van der Waals surface area (Å²) in [5.74, 6) is -2.69. The lowest BCUT2D eigenvalue weighted by molar-refractivity contribution is 0.0600. The van der Waals surface area contributed by atoms with E-state index in [1.54, 1.807) is 0 Å². The number of methoxy groups -OCH3 is 1. The smallest absolute Gasteiger partial charge is 0.337 e. The van der Waals surface area contributed by atoms with E-state index in [1.807, 2.05) is 0 Å². The van der Waals surface area contributed by atoms with Gasteiger partial charge in [-0.05, 0) is 12.1 Å². The molecule has 0 bridgehead atoms. The molecule has 14 heavy (non-hydrogen) atoms. The molecular formula is C9H7BrF2O2. The van der Waals surface area contributed by atoms with Crippen LogP contribution in [-0.4, -0.2) is 13.1 Å². The highest BCUT2D eigenvalue weighted by Gasteiger charge is 2.14. The van der Waals surface area contributed by atoms with E-state index in [1.165, 1.54) is 13.2 Å². The van der Waals surface area contributed by atoms with E-state index in [9.17, 15) is 13.6 Å². The maximum atomic E-state index is 13.0. The normalized spacial score (nSPS) is 10.0. The summed E-state index contributed by atoms with van der Waals surface area (Å²) in [5.41, 5.74) is 0.0891. The zero-order chi connectivity index (χ0) is 10.7. The summed E-state index contributed by atoms with van der Waals surface area (Å²) in [5, 5.41) is 0.139. The molecule has 0 N–H and O–H groups in total. The molecule has 0 saturated carbocycles. The minimum Gasteiger partial charge on any atom is -0.465 e. The van der Waals surface area contributed by atoms with Crippen molar-refractivity contribution < 1.29 is 18.3 Å². The number of carbonyl (C=O) groups excluding carboxylic acids is 1. The molecule has 1 aromatic rings. The summed E-state index contributed by atoms with van der Waals surface area (Å²) in [6.07, 6.45) is 0. The van der Waals surface area contributed by atoms with Crippen molar-refractivity contribution in [2.24, 2.45) is 0 Å². The first-order valence-electron chi connectivity index (χ1n) is 3.72. The Morgan fingerprint density at radius 3 is 2.64 bits per heavy atom. The number of esters is 1. The summed E-state index contributed by atoms with van der Waals surface area (Å²) < 4.78 is 30.3. The molecule has 0 spiro atoms. The van der Waals surface area contributed by atoms with Crippen molar-refractivity contribution in [1.82, 2.24) is 0 Å². The van der Waals surface area contributed by atoms with Crippen LogP contribution in [0.25, 0.3) is 0 Å². The van der Waals surface area contributed by atoms with Gasteiger partial charge in [-0.3, -0.25) is 0 Å². The monoisotopic (exact) mass is 264 g/mol. The summed E-state index contributed by atoms with van der Waals surface area (Å²) in [4.78, 5) is 11.0. The van der Waals surface area contributed by atoms with Crippen molar-refractivity contribution in [2.45, 2.75) is 5.33 Å². The van der Waals surface area contributed by atoms with E-state index in [4.69, 9.17) is 0 Å². The molecule has 0 unspecified atom stereocenters. The van der Waals surface area contributed by atoms with Crippen molar-refractivity contribution >= 4 is 21.9 Å². The van der Waals surface area contributed by atoms with Gasteiger partial charge in [0.05, 0.1) is 12.7 Å². The Hall–Kier alpha value is -0.970. The van der Waals surface area contributed by atoms with Crippen LogP contribution in [0.3, 0.4) is 0 Å². The van der Waals surface area contributed by atoms with Crippen LogP contribution in [0.1, 0.15) is 15.9 Å². The Bertz CT molecular complexity index is 366. The lowest BCUT2D eigenvalue weighted by Gasteiger charge is -2.04. The zero-order valence-corrected chi connectivity index (χ0v) is 8.90. The largest absolute Gasteiger partial charge is 0.465 e. The topological polar surface area (TPSA) is 26.3 Å². The fraction of sp³-hybridized carbons (Fsp3) is 0.222. The quantitative estimate of drug-likeness (QED) is 0.607. The SMILES string of the molecule is COC(=O)c1cc(F)c(F)c(CBr)c1. The van der Waals surface area contributed by atoms with Crippen molar-refractivity contribution in [3.8, 4) is 0 Å². The number of carbonyl (C=O) groups is 1. The molecule has 0 radical (unpaired) electrons. The first-order chi connectivity index (χ1) is 6.60. The molecule has 0 amide bonds. The maximum Gasteiger partial charge on any atom is 0.337 e. The van der Waals surface area contributed by atoms with Gasteiger partial charge in [-0.25, -0.2) is 13.6 Å². The fourth-order valence-corrected chi connectivity index (χ4v) is 1.39. The van der Waals surface area contributed by atoms with Gasteiger partial charge in [0.1, 0.15) is 0 Å². The lowest BCUT2D eigenvalue weighted by Crippen LogP contribution is -2.04. The van der Waals surface area contributed by atoms with E-state index >= 15 is 0 Å². The Kier molecular flexibility index (Phi) is 3.57. The highest BCUT2D eigenvalue weighted by atomic mass is 79.9. The van der Waals surface area contributed by atoms with Gasteiger partial charge in [-0.2, -0.15) is 0 Å². The molecule has 0 atom stereocenters. The van der Waals surface area contributed by atoms with Crippen LogP contribution in [0.15, 0.2) is 12.1 Å². The van der Waals surface area contributed by atoms with Gasteiger partial charge in [0, 0.05) is 10.9 Å². The van der Waals surface area contributed by atoms with Gasteiger partial charge >= 0.3 is 5.97 Å². The molecule has 0 aliphatic heterocycles. The third-order valence-corrected chi connectivity index (χ3v) is 2.27. The second-order valence-corrected chi connectivity index (χ2v) is 3.12.